The third kappa shape index (κ3) is 2.51. The minimum Gasteiger partial charge on any atom is -0.326 e. The standard InChI is InChI=1S/C26H25NO/c1-16(2)22-23-18-12-6-8-14-20(18)24(21-15-9-7-13-19(21)23)25(22)26(28)27-17-10-4-3-5-11-17/h3-16,22-25H,1-2H3,(H,27,28)/t22-,23?,24?,25-/m1/s1. The summed E-state index contributed by atoms with van der Waals surface area (Å²) in [7, 11) is 0. The maximum Gasteiger partial charge on any atom is 0.228 e. The SMILES string of the molecule is CC(C)[C@@H]1C2c3ccccc3C(c3ccccc32)[C@@H]1C(=O)Nc1ccccc1. The molecule has 2 nitrogen and oxygen atoms in total. The van der Waals surface area contributed by atoms with Crippen LogP contribution >= 0.6 is 0 Å². The van der Waals surface area contributed by atoms with Crippen molar-refractivity contribution in [3.63, 3.8) is 0 Å². The lowest BCUT2D eigenvalue weighted by Gasteiger charge is -2.51. The number of para-hydroxylation sites is 1. The van der Waals surface area contributed by atoms with Gasteiger partial charge in [-0.3, -0.25) is 4.79 Å². The summed E-state index contributed by atoms with van der Waals surface area (Å²) in [6.45, 7) is 4.53. The Morgan fingerprint density at radius 2 is 1.18 bits per heavy atom. The van der Waals surface area contributed by atoms with E-state index in [0.717, 1.165) is 5.69 Å². The highest BCUT2D eigenvalue weighted by Gasteiger charge is 2.53. The van der Waals surface area contributed by atoms with Crippen molar-refractivity contribution >= 4 is 11.6 Å². The molecule has 0 saturated heterocycles. The molecule has 0 aliphatic heterocycles. The zero-order valence-electron chi connectivity index (χ0n) is 16.3. The third-order valence-corrected chi connectivity index (χ3v) is 6.60. The van der Waals surface area contributed by atoms with Crippen LogP contribution in [0.5, 0.6) is 0 Å². The number of carbonyl (C=O) groups excluding carboxylic acids is 1. The molecule has 0 spiro atoms. The Bertz CT molecular complexity index is 976. The Labute approximate surface area is 166 Å². The molecule has 3 aliphatic rings. The maximum absolute atomic E-state index is 13.6. The average Bonchev–Trinajstić information content (AvgIpc) is 2.73. The molecular weight excluding hydrogens is 342 g/mol. The van der Waals surface area contributed by atoms with E-state index in [1.165, 1.54) is 22.3 Å². The van der Waals surface area contributed by atoms with Gasteiger partial charge < -0.3 is 5.32 Å². The van der Waals surface area contributed by atoms with Crippen LogP contribution in [0.1, 0.15) is 47.9 Å². The highest BCUT2D eigenvalue weighted by Crippen LogP contribution is 2.60. The molecule has 2 heteroatoms. The van der Waals surface area contributed by atoms with Gasteiger partial charge in [0.05, 0.1) is 5.92 Å². The molecule has 6 rings (SSSR count). The van der Waals surface area contributed by atoms with Crippen LogP contribution in [0.4, 0.5) is 5.69 Å². The Hall–Kier alpha value is -2.87. The molecule has 2 atom stereocenters. The lowest BCUT2D eigenvalue weighted by Crippen LogP contribution is -2.47. The first-order chi connectivity index (χ1) is 13.7. The molecule has 2 bridgehead atoms. The third-order valence-electron chi connectivity index (χ3n) is 6.60. The number of anilines is 1. The van der Waals surface area contributed by atoms with Gasteiger partial charge in [0.25, 0.3) is 0 Å². The van der Waals surface area contributed by atoms with Crippen LogP contribution in [-0.4, -0.2) is 5.91 Å². The lowest BCUT2D eigenvalue weighted by atomic mass is 9.52. The number of hydrogen-bond acceptors (Lipinski definition) is 1. The summed E-state index contributed by atoms with van der Waals surface area (Å²) in [5.74, 6) is 1.19. The highest BCUT2D eigenvalue weighted by molar-refractivity contribution is 5.94. The molecule has 1 amide bonds. The summed E-state index contributed by atoms with van der Waals surface area (Å²) < 4.78 is 0. The van der Waals surface area contributed by atoms with Gasteiger partial charge >= 0.3 is 0 Å². The summed E-state index contributed by atoms with van der Waals surface area (Å²) in [6.07, 6.45) is 0. The summed E-state index contributed by atoms with van der Waals surface area (Å²) in [5, 5.41) is 3.20. The summed E-state index contributed by atoms with van der Waals surface area (Å²) >= 11 is 0. The number of amides is 1. The van der Waals surface area contributed by atoms with Gasteiger partial charge in [-0.05, 0) is 46.2 Å². The lowest BCUT2D eigenvalue weighted by molar-refractivity contribution is -0.123. The number of rotatable bonds is 3. The Morgan fingerprint density at radius 3 is 1.68 bits per heavy atom. The van der Waals surface area contributed by atoms with E-state index in [1.807, 2.05) is 30.3 Å². The van der Waals surface area contributed by atoms with Crippen molar-refractivity contribution in [2.45, 2.75) is 25.7 Å². The number of benzene rings is 3. The van der Waals surface area contributed by atoms with Gasteiger partial charge in [0.15, 0.2) is 0 Å². The zero-order chi connectivity index (χ0) is 19.3. The molecule has 0 fully saturated rings. The van der Waals surface area contributed by atoms with E-state index in [0.29, 0.717) is 11.8 Å². The van der Waals surface area contributed by atoms with E-state index in [9.17, 15) is 4.79 Å². The van der Waals surface area contributed by atoms with E-state index in [-0.39, 0.29) is 23.7 Å². The van der Waals surface area contributed by atoms with Crippen molar-refractivity contribution in [3.8, 4) is 0 Å². The molecule has 3 aliphatic carbocycles. The van der Waals surface area contributed by atoms with Gasteiger partial charge in [-0.25, -0.2) is 0 Å². The first-order valence-electron chi connectivity index (χ1n) is 10.2. The molecule has 0 aromatic heterocycles. The van der Waals surface area contributed by atoms with Crippen LogP contribution in [0.2, 0.25) is 0 Å². The smallest absolute Gasteiger partial charge is 0.228 e. The zero-order valence-corrected chi connectivity index (χ0v) is 16.3. The van der Waals surface area contributed by atoms with Crippen molar-refractivity contribution < 1.29 is 4.79 Å². The predicted molar refractivity (Wildman–Crippen MR) is 113 cm³/mol. The molecule has 0 heterocycles. The van der Waals surface area contributed by atoms with Gasteiger partial charge in [0.1, 0.15) is 0 Å². The van der Waals surface area contributed by atoms with Crippen LogP contribution < -0.4 is 5.32 Å². The molecule has 140 valence electrons. The molecule has 0 radical (unpaired) electrons. The van der Waals surface area contributed by atoms with E-state index in [2.05, 4.69) is 67.7 Å². The quantitative estimate of drug-likeness (QED) is 0.622. The van der Waals surface area contributed by atoms with Crippen molar-refractivity contribution in [2.75, 3.05) is 5.32 Å². The molecular formula is C26H25NO. The summed E-state index contributed by atoms with van der Waals surface area (Å²) in [5.41, 5.74) is 6.35. The van der Waals surface area contributed by atoms with Crippen molar-refractivity contribution in [1.29, 1.82) is 0 Å². The number of nitrogens with one attached hydrogen (secondary N) is 1. The molecule has 28 heavy (non-hydrogen) atoms. The Balaban J connectivity index is 1.66. The normalized spacial score (nSPS) is 24.5. The number of fused-ring (bicyclic) bond motifs is 1. The fraction of sp³-hybridized carbons (Fsp3) is 0.269. The molecule has 3 aromatic rings. The van der Waals surface area contributed by atoms with Gasteiger partial charge in [-0.15, -0.1) is 0 Å². The molecule has 0 saturated carbocycles. The Morgan fingerprint density at radius 1 is 0.714 bits per heavy atom. The van der Waals surface area contributed by atoms with Crippen molar-refractivity contribution in [3.05, 3.63) is 101 Å². The predicted octanol–water partition coefficient (Wildman–Crippen LogP) is 5.80. The summed E-state index contributed by atoms with van der Waals surface area (Å²) in [6, 6.07) is 27.3. The van der Waals surface area contributed by atoms with Crippen molar-refractivity contribution in [2.24, 2.45) is 17.8 Å². The van der Waals surface area contributed by atoms with Crippen LogP contribution in [0.3, 0.4) is 0 Å². The van der Waals surface area contributed by atoms with Crippen LogP contribution in [0.25, 0.3) is 0 Å². The van der Waals surface area contributed by atoms with Gasteiger partial charge in [0.2, 0.25) is 5.91 Å². The first-order valence-corrected chi connectivity index (χ1v) is 10.2. The topological polar surface area (TPSA) is 29.1 Å². The highest BCUT2D eigenvalue weighted by atomic mass is 16.1. The minimum atomic E-state index is -0.0602. The first kappa shape index (κ1) is 17.2. The minimum absolute atomic E-state index is 0.0602. The average molecular weight is 367 g/mol. The van der Waals surface area contributed by atoms with Gasteiger partial charge in [-0.2, -0.15) is 0 Å². The van der Waals surface area contributed by atoms with Gasteiger partial charge in [-0.1, -0.05) is 80.6 Å². The van der Waals surface area contributed by atoms with Crippen LogP contribution in [-0.2, 0) is 4.79 Å². The van der Waals surface area contributed by atoms with E-state index < -0.39 is 0 Å². The van der Waals surface area contributed by atoms with E-state index in [4.69, 9.17) is 0 Å². The fourth-order valence-electron chi connectivity index (χ4n) is 5.59. The summed E-state index contributed by atoms with van der Waals surface area (Å²) in [4.78, 5) is 13.6. The number of carbonyl (C=O) groups is 1. The monoisotopic (exact) mass is 367 g/mol. The van der Waals surface area contributed by atoms with E-state index >= 15 is 0 Å². The molecule has 1 N–H and O–H groups in total. The fourth-order valence-corrected chi connectivity index (χ4v) is 5.59. The van der Waals surface area contributed by atoms with Crippen LogP contribution in [0.15, 0.2) is 78.9 Å². The van der Waals surface area contributed by atoms with Crippen LogP contribution in [0, 0.1) is 17.8 Å². The second-order valence-electron chi connectivity index (χ2n) is 8.42. The molecule has 3 aromatic carbocycles. The molecule has 0 unspecified atom stereocenters. The maximum atomic E-state index is 13.6. The Kier molecular flexibility index (Phi) is 4.08. The second kappa shape index (κ2) is 6.63. The number of hydrogen-bond donors (Lipinski definition) is 1. The second-order valence-corrected chi connectivity index (χ2v) is 8.42. The van der Waals surface area contributed by atoms with Crippen molar-refractivity contribution in [1.82, 2.24) is 0 Å². The van der Waals surface area contributed by atoms with E-state index in [1.54, 1.807) is 0 Å². The largest absolute Gasteiger partial charge is 0.326 e. The van der Waals surface area contributed by atoms with Gasteiger partial charge in [0, 0.05) is 17.5 Å².